The van der Waals surface area contributed by atoms with Crippen LogP contribution < -0.4 is 10.2 Å². The van der Waals surface area contributed by atoms with Crippen LogP contribution in [0.1, 0.15) is 13.3 Å². The van der Waals surface area contributed by atoms with Gasteiger partial charge in [-0.3, -0.25) is 4.99 Å². The van der Waals surface area contributed by atoms with Crippen LogP contribution >= 0.6 is 17.0 Å². The third-order valence-corrected chi connectivity index (χ3v) is 4.87. The van der Waals surface area contributed by atoms with E-state index in [2.05, 4.69) is 33.1 Å². The van der Waals surface area contributed by atoms with E-state index in [1.165, 1.54) is 0 Å². The molecule has 0 bridgehead atoms. The van der Waals surface area contributed by atoms with Crippen molar-refractivity contribution in [3.05, 3.63) is 24.4 Å². The number of nitrogens with zero attached hydrogens (tertiary/aromatic N) is 4. The molecule has 0 aliphatic carbocycles. The molecule has 3 rings (SSSR count). The van der Waals surface area contributed by atoms with E-state index < -0.39 is 0 Å². The summed E-state index contributed by atoms with van der Waals surface area (Å²) >= 11 is 0. The minimum Gasteiger partial charge on any atom is -0.383 e. The molecule has 1 aromatic heterocycles. The Bertz CT molecular complexity index is 560. The number of pyridine rings is 1. The van der Waals surface area contributed by atoms with Gasteiger partial charge in [0, 0.05) is 64.6 Å². The zero-order chi connectivity index (χ0) is 18.2. The van der Waals surface area contributed by atoms with Gasteiger partial charge in [-0.1, -0.05) is 6.07 Å². The number of halogens is 1. The zero-order valence-corrected chi connectivity index (χ0v) is 18.1. The van der Waals surface area contributed by atoms with E-state index in [-0.39, 0.29) is 23.0 Å². The van der Waals surface area contributed by atoms with Crippen molar-refractivity contribution in [2.45, 2.75) is 19.4 Å². The Hall–Kier alpha value is -1.38. The van der Waals surface area contributed by atoms with Crippen LogP contribution in [0.25, 0.3) is 0 Å². The smallest absolute Gasteiger partial charge is 0.194 e. The van der Waals surface area contributed by atoms with Gasteiger partial charge in [-0.15, -0.1) is 17.0 Å². The second-order valence-electron chi connectivity index (χ2n) is 7.06. The van der Waals surface area contributed by atoms with Crippen LogP contribution in [0.5, 0.6) is 0 Å². The number of hydrogen-bond acceptors (Lipinski definition) is 5. The fraction of sp³-hybridized carbons (Fsp3) is 0.684. The molecule has 0 radical (unpaired) electrons. The molecule has 2 aliphatic heterocycles. The number of aliphatic imine (C=N–C) groups is 1. The molecule has 7 nitrogen and oxygen atoms in total. The highest BCUT2D eigenvalue weighted by atomic mass is 79.9. The van der Waals surface area contributed by atoms with Gasteiger partial charge in [-0.2, -0.15) is 0 Å². The van der Waals surface area contributed by atoms with E-state index in [4.69, 9.17) is 14.5 Å². The minimum absolute atomic E-state index is 0. The monoisotopic (exact) mass is 441 g/mol. The van der Waals surface area contributed by atoms with Crippen molar-refractivity contribution in [2.75, 3.05) is 64.6 Å². The number of aromatic nitrogens is 1. The van der Waals surface area contributed by atoms with Gasteiger partial charge in [0.25, 0.3) is 0 Å². The molecule has 8 heteroatoms. The summed E-state index contributed by atoms with van der Waals surface area (Å²) in [6.07, 6.45) is 2.96. The molecular weight excluding hydrogens is 410 g/mol. The predicted octanol–water partition coefficient (Wildman–Crippen LogP) is 1.80. The minimum atomic E-state index is 0. The summed E-state index contributed by atoms with van der Waals surface area (Å²) in [5.41, 5.74) is 0. The first kappa shape index (κ1) is 21.9. The maximum atomic E-state index is 5.48. The van der Waals surface area contributed by atoms with Crippen molar-refractivity contribution >= 4 is 28.8 Å². The lowest BCUT2D eigenvalue weighted by atomic mass is 10.1. The van der Waals surface area contributed by atoms with E-state index >= 15 is 0 Å². The number of anilines is 1. The molecule has 3 heterocycles. The van der Waals surface area contributed by atoms with Gasteiger partial charge < -0.3 is 24.6 Å². The quantitative estimate of drug-likeness (QED) is 0.536. The van der Waals surface area contributed by atoms with Gasteiger partial charge in [-0.25, -0.2) is 4.98 Å². The van der Waals surface area contributed by atoms with Gasteiger partial charge in [0.15, 0.2) is 5.96 Å². The molecule has 0 amide bonds. The van der Waals surface area contributed by atoms with E-state index in [1.807, 2.05) is 18.3 Å². The van der Waals surface area contributed by atoms with Crippen LogP contribution in [0, 0.1) is 5.92 Å². The van der Waals surface area contributed by atoms with E-state index in [0.717, 1.165) is 64.1 Å². The second kappa shape index (κ2) is 11.5. The molecule has 2 saturated heterocycles. The fourth-order valence-electron chi connectivity index (χ4n) is 3.38. The molecule has 0 saturated carbocycles. The van der Waals surface area contributed by atoms with Gasteiger partial charge in [0.05, 0.1) is 13.2 Å². The maximum Gasteiger partial charge on any atom is 0.194 e. The summed E-state index contributed by atoms with van der Waals surface area (Å²) in [6.45, 7) is 9.08. The maximum absolute atomic E-state index is 5.48. The first-order valence-electron chi connectivity index (χ1n) is 9.55. The van der Waals surface area contributed by atoms with E-state index in [0.29, 0.717) is 12.5 Å². The summed E-state index contributed by atoms with van der Waals surface area (Å²) in [5.74, 6) is 2.58. The number of piperazine rings is 1. The molecule has 2 aliphatic rings. The van der Waals surface area contributed by atoms with Crippen LogP contribution in [0.15, 0.2) is 29.4 Å². The summed E-state index contributed by atoms with van der Waals surface area (Å²) < 4.78 is 10.8. The molecule has 0 aromatic carbocycles. The number of guanidine groups is 1. The van der Waals surface area contributed by atoms with Crippen LogP contribution in [0.3, 0.4) is 0 Å². The van der Waals surface area contributed by atoms with Gasteiger partial charge in [0.2, 0.25) is 0 Å². The normalized spacial score (nSPS) is 21.7. The predicted molar refractivity (Wildman–Crippen MR) is 114 cm³/mol. The topological polar surface area (TPSA) is 62.2 Å². The number of hydrogen-bond donors (Lipinski definition) is 1. The first-order chi connectivity index (χ1) is 12.8. The van der Waals surface area contributed by atoms with Gasteiger partial charge in [-0.05, 0) is 25.5 Å². The summed E-state index contributed by atoms with van der Waals surface area (Å²) in [4.78, 5) is 14.1. The third-order valence-electron chi connectivity index (χ3n) is 4.87. The van der Waals surface area contributed by atoms with Crippen LogP contribution in [-0.2, 0) is 9.47 Å². The number of rotatable bonds is 6. The summed E-state index contributed by atoms with van der Waals surface area (Å²) in [6, 6.07) is 6.30. The van der Waals surface area contributed by atoms with Gasteiger partial charge >= 0.3 is 0 Å². The number of ether oxygens (including phenoxy) is 2. The molecule has 27 heavy (non-hydrogen) atoms. The van der Waals surface area contributed by atoms with Crippen molar-refractivity contribution in [1.82, 2.24) is 15.2 Å². The lowest BCUT2D eigenvalue weighted by molar-refractivity contribution is 0.177. The van der Waals surface area contributed by atoms with E-state index in [1.54, 1.807) is 7.11 Å². The second-order valence-corrected chi connectivity index (χ2v) is 7.06. The Labute approximate surface area is 172 Å². The van der Waals surface area contributed by atoms with Gasteiger partial charge in [0.1, 0.15) is 5.82 Å². The average Bonchev–Trinajstić information content (AvgIpc) is 3.20. The van der Waals surface area contributed by atoms with Crippen LogP contribution in [0.4, 0.5) is 5.82 Å². The average molecular weight is 442 g/mol. The summed E-state index contributed by atoms with van der Waals surface area (Å²) in [7, 11) is 1.73. The third kappa shape index (κ3) is 6.62. The molecule has 2 fully saturated rings. The van der Waals surface area contributed by atoms with Crippen LogP contribution in [-0.4, -0.2) is 81.5 Å². The Morgan fingerprint density at radius 3 is 2.81 bits per heavy atom. The Kier molecular flexibility index (Phi) is 9.30. The van der Waals surface area contributed by atoms with Crippen molar-refractivity contribution in [3.8, 4) is 0 Å². The lowest BCUT2D eigenvalue weighted by Crippen LogP contribution is -2.54. The molecule has 0 spiro atoms. The number of methoxy groups -OCH3 is 1. The molecule has 1 unspecified atom stereocenters. The van der Waals surface area contributed by atoms with Crippen molar-refractivity contribution in [2.24, 2.45) is 10.9 Å². The molecule has 1 aromatic rings. The number of nitrogens with one attached hydrogen (secondary N) is 1. The Morgan fingerprint density at radius 2 is 2.19 bits per heavy atom. The highest BCUT2D eigenvalue weighted by molar-refractivity contribution is 8.93. The van der Waals surface area contributed by atoms with Crippen molar-refractivity contribution < 1.29 is 9.47 Å². The Morgan fingerprint density at radius 1 is 1.37 bits per heavy atom. The molecular formula is C19H32BrN5O2. The van der Waals surface area contributed by atoms with E-state index in [9.17, 15) is 0 Å². The molecule has 152 valence electrons. The summed E-state index contributed by atoms with van der Waals surface area (Å²) in [5, 5.41) is 3.54. The van der Waals surface area contributed by atoms with Crippen LogP contribution in [0.2, 0.25) is 0 Å². The standard InChI is InChI=1S/C19H31N5O2.BrH/c1-16(14-25-2)22-19(21-13-17-6-12-26-15-17)24-10-8-23(9-11-24)18-5-3-4-7-20-18;/h3-5,7,16-17H,6,8-15H2,1-2H3,(H,21,22);1H/t16?,17-;/m0./s1. The zero-order valence-electron chi connectivity index (χ0n) is 16.3. The fourth-order valence-corrected chi connectivity index (χ4v) is 3.38. The molecule has 2 atom stereocenters. The highest BCUT2D eigenvalue weighted by Crippen LogP contribution is 2.15. The largest absolute Gasteiger partial charge is 0.383 e. The van der Waals surface area contributed by atoms with Crippen molar-refractivity contribution in [1.29, 1.82) is 0 Å². The Balaban J connectivity index is 0.00000261. The highest BCUT2D eigenvalue weighted by Gasteiger charge is 2.22. The molecule has 1 N–H and O–H groups in total. The van der Waals surface area contributed by atoms with Crippen molar-refractivity contribution in [3.63, 3.8) is 0 Å². The lowest BCUT2D eigenvalue weighted by Gasteiger charge is -2.38. The first-order valence-corrected chi connectivity index (χ1v) is 9.55. The SMILES string of the molecule is Br.COCC(C)NC(=NC[C@@H]1CCOC1)N1CCN(c2ccccn2)CC1.